The molecule has 0 aliphatic heterocycles. The molecule has 0 saturated heterocycles. The van der Waals surface area contributed by atoms with E-state index in [9.17, 15) is 9.90 Å². The summed E-state index contributed by atoms with van der Waals surface area (Å²) in [6, 6.07) is 8.10. The van der Waals surface area contributed by atoms with Crippen molar-refractivity contribution in [1.82, 2.24) is 5.32 Å². The zero-order valence-electron chi connectivity index (χ0n) is 12.1. The number of carbonyl (C=O) groups is 1. The molecule has 3 heteroatoms. The molecule has 0 aliphatic carbocycles. The first-order valence-corrected chi connectivity index (χ1v) is 6.98. The third-order valence-electron chi connectivity index (χ3n) is 3.16. The fraction of sp³-hybridized carbons (Fsp3) is 0.562. The van der Waals surface area contributed by atoms with Crippen LogP contribution in [0.1, 0.15) is 37.8 Å². The number of nitrogens with one attached hydrogen (secondary N) is 1. The fourth-order valence-electron chi connectivity index (χ4n) is 2.09. The third-order valence-corrected chi connectivity index (χ3v) is 3.16. The Labute approximate surface area is 116 Å². The fourth-order valence-corrected chi connectivity index (χ4v) is 2.09. The monoisotopic (exact) mass is 263 g/mol. The van der Waals surface area contributed by atoms with E-state index >= 15 is 0 Å². The second-order valence-electron chi connectivity index (χ2n) is 5.51. The van der Waals surface area contributed by atoms with Gasteiger partial charge in [0, 0.05) is 13.0 Å². The zero-order valence-corrected chi connectivity index (χ0v) is 12.1. The Kier molecular flexibility index (Phi) is 6.57. The van der Waals surface area contributed by atoms with Gasteiger partial charge in [-0.3, -0.25) is 4.79 Å². The maximum absolute atomic E-state index is 11.7. The molecule has 2 N–H and O–H groups in total. The standard InChI is InChI=1S/C16H25NO2/c1-12(2)10-15(18)11-17-16(19)9-8-14-7-5-4-6-13(14)3/h4-7,12,15,18H,8-11H2,1-3H3,(H,17,19). The Morgan fingerprint density at radius 1 is 1.32 bits per heavy atom. The first-order valence-electron chi connectivity index (χ1n) is 6.98. The van der Waals surface area contributed by atoms with Crippen LogP contribution in [-0.4, -0.2) is 23.7 Å². The molecule has 1 atom stereocenters. The first-order chi connectivity index (χ1) is 8.99. The Morgan fingerprint density at radius 2 is 2.00 bits per heavy atom. The predicted molar refractivity (Wildman–Crippen MR) is 78.0 cm³/mol. The van der Waals surface area contributed by atoms with Gasteiger partial charge < -0.3 is 10.4 Å². The first kappa shape index (κ1) is 15.7. The van der Waals surface area contributed by atoms with E-state index in [1.54, 1.807) is 0 Å². The van der Waals surface area contributed by atoms with Crippen molar-refractivity contribution in [2.24, 2.45) is 5.92 Å². The number of hydrogen-bond acceptors (Lipinski definition) is 2. The average molecular weight is 263 g/mol. The lowest BCUT2D eigenvalue weighted by molar-refractivity contribution is -0.121. The summed E-state index contributed by atoms with van der Waals surface area (Å²) in [7, 11) is 0. The molecule has 0 spiro atoms. The van der Waals surface area contributed by atoms with E-state index in [1.807, 2.05) is 12.1 Å². The van der Waals surface area contributed by atoms with Crippen LogP contribution in [0.2, 0.25) is 0 Å². The number of aliphatic hydroxyl groups excluding tert-OH is 1. The van der Waals surface area contributed by atoms with Crippen molar-refractivity contribution in [3.8, 4) is 0 Å². The number of aliphatic hydroxyl groups is 1. The Bertz CT molecular complexity index is 401. The summed E-state index contributed by atoms with van der Waals surface area (Å²) in [6.07, 6.45) is 1.50. The highest BCUT2D eigenvalue weighted by Crippen LogP contribution is 2.09. The van der Waals surface area contributed by atoms with Crippen molar-refractivity contribution in [2.75, 3.05) is 6.54 Å². The highest BCUT2D eigenvalue weighted by Gasteiger charge is 2.09. The minimum Gasteiger partial charge on any atom is -0.391 e. The SMILES string of the molecule is Cc1ccccc1CCC(=O)NCC(O)CC(C)C. The van der Waals surface area contributed by atoms with Gasteiger partial charge in [0.1, 0.15) is 0 Å². The average Bonchev–Trinajstić information content (AvgIpc) is 2.34. The quantitative estimate of drug-likeness (QED) is 0.794. The molecule has 0 aromatic heterocycles. The van der Waals surface area contributed by atoms with E-state index in [2.05, 4.69) is 38.2 Å². The van der Waals surface area contributed by atoms with Crippen molar-refractivity contribution in [3.05, 3.63) is 35.4 Å². The number of carbonyl (C=O) groups excluding carboxylic acids is 1. The minimum atomic E-state index is -0.442. The van der Waals surface area contributed by atoms with Crippen LogP contribution in [0.5, 0.6) is 0 Å². The van der Waals surface area contributed by atoms with Crippen LogP contribution < -0.4 is 5.32 Å². The van der Waals surface area contributed by atoms with Crippen LogP contribution in [0, 0.1) is 12.8 Å². The van der Waals surface area contributed by atoms with Gasteiger partial charge in [-0.25, -0.2) is 0 Å². The van der Waals surface area contributed by atoms with Gasteiger partial charge >= 0.3 is 0 Å². The van der Waals surface area contributed by atoms with Crippen LogP contribution >= 0.6 is 0 Å². The van der Waals surface area contributed by atoms with Gasteiger partial charge in [-0.2, -0.15) is 0 Å². The van der Waals surface area contributed by atoms with Gasteiger partial charge in [0.2, 0.25) is 5.91 Å². The number of hydrogen-bond donors (Lipinski definition) is 2. The second-order valence-corrected chi connectivity index (χ2v) is 5.51. The second kappa shape index (κ2) is 7.95. The van der Waals surface area contributed by atoms with Crippen LogP contribution in [-0.2, 0) is 11.2 Å². The van der Waals surface area contributed by atoms with Crippen molar-refractivity contribution < 1.29 is 9.90 Å². The number of benzene rings is 1. The van der Waals surface area contributed by atoms with E-state index in [-0.39, 0.29) is 5.91 Å². The molecule has 0 fully saturated rings. The molecule has 1 aromatic carbocycles. The van der Waals surface area contributed by atoms with Gasteiger partial charge in [-0.15, -0.1) is 0 Å². The maximum atomic E-state index is 11.7. The van der Waals surface area contributed by atoms with Crippen LogP contribution in [0.4, 0.5) is 0 Å². The number of amides is 1. The van der Waals surface area contributed by atoms with Crippen LogP contribution in [0.3, 0.4) is 0 Å². The molecular formula is C16H25NO2. The smallest absolute Gasteiger partial charge is 0.220 e. The summed E-state index contributed by atoms with van der Waals surface area (Å²) < 4.78 is 0. The summed E-state index contributed by atoms with van der Waals surface area (Å²) in [6.45, 7) is 6.52. The van der Waals surface area contributed by atoms with Crippen molar-refractivity contribution in [3.63, 3.8) is 0 Å². The highest BCUT2D eigenvalue weighted by molar-refractivity contribution is 5.76. The van der Waals surface area contributed by atoms with Gasteiger partial charge in [0.15, 0.2) is 0 Å². The van der Waals surface area contributed by atoms with Crippen LogP contribution in [0.15, 0.2) is 24.3 Å². The van der Waals surface area contributed by atoms with Gasteiger partial charge in [-0.05, 0) is 36.8 Å². The molecule has 0 bridgehead atoms. The lowest BCUT2D eigenvalue weighted by Gasteiger charge is -2.14. The summed E-state index contributed by atoms with van der Waals surface area (Å²) in [5.74, 6) is 0.449. The summed E-state index contributed by atoms with van der Waals surface area (Å²) in [4.78, 5) is 11.7. The van der Waals surface area contributed by atoms with E-state index < -0.39 is 6.10 Å². The Morgan fingerprint density at radius 3 is 2.63 bits per heavy atom. The summed E-state index contributed by atoms with van der Waals surface area (Å²) in [5, 5.41) is 12.5. The van der Waals surface area contributed by atoms with Gasteiger partial charge in [-0.1, -0.05) is 38.1 Å². The molecule has 3 nitrogen and oxygen atoms in total. The number of rotatable bonds is 7. The molecule has 19 heavy (non-hydrogen) atoms. The number of aryl methyl sites for hydroxylation is 2. The lowest BCUT2D eigenvalue weighted by atomic mass is 10.0. The van der Waals surface area contributed by atoms with E-state index in [1.165, 1.54) is 11.1 Å². The largest absolute Gasteiger partial charge is 0.391 e. The molecule has 1 amide bonds. The minimum absolute atomic E-state index is 0.00561. The van der Waals surface area contributed by atoms with E-state index in [0.29, 0.717) is 18.9 Å². The molecule has 0 radical (unpaired) electrons. The van der Waals surface area contributed by atoms with Gasteiger partial charge in [0.05, 0.1) is 6.10 Å². The molecule has 106 valence electrons. The van der Waals surface area contributed by atoms with E-state index in [0.717, 1.165) is 12.8 Å². The molecule has 0 aliphatic rings. The lowest BCUT2D eigenvalue weighted by Crippen LogP contribution is -2.32. The maximum Gasteiger partial charge on any atom is 0.220 e. The zero-order chi connectivity index (χ0) is 14.3. The Hall–Kier alpha value is -1.35. The van der Waals surface area contributed by atoms with E-state index in [4.69, 9.17) is 0 Å². The molecule has 1 aromatic rings. The van der Waals surface area contributed by atoms with Crippen molar-refractivity contribution >= 4 is 5.91 Å². The molecule has 1 unspecified atom stereocenters. The Balaban J connectivity index is 2.27. The molecule has 0 saturated carbocycles. The van der Waals surface area contributed by atoms with Crippen LogP contribution in [0.25, 0.3) is 0 Å². The molecular weight excluding hydrogens is 238 g/mol. The predicted octanol–water partition coefficient (Wildman–Crippen LogP) is 2.45. The summed E-state index contributed by atoms with van der Waals surface area (Å²) >= 11 is 0. The third kappa shape index (κ3) is 6.39. The van der Waals surface area contributed by atoms with Crippen molar-refractivity contribution in [1.29, 1.82) is 0 Å². The topological polar surface area (TPSA) is 49.3 Å². The van der Waals surface area contributed by atoms with Gasteiger partial charge in [0.25, 0.3) is 0 Å². The normalized spacial score (nSPS) is 12.5. The highest BCUT2D eigenvalue weighted by atomic mass is 16.3. The van der Waals surface area contributed by atoms with Crippen molar-refractivity contribution in [2.45, 2.75) is 46.1 Å². The molecule has 1 rings (SSSR count). The molecule has 0 heterocycles. The summed E-state index contributed by atoms with van der Waals surface area (Å²) in [5.41, 5.74) is 2.43.